The van der Waals surface area contributed by atoms with E-state index in [1.807, 2.05) is 0 Å². The van der Waals surface area contributed by atoms with Gasteiger partial charge in [0.15, 0.2) is 5.79 Å². The lowest BCUT2D eigenvalue weighted by Gasteiger charge is -2.32. The summed E-state index contributed by atoms with van der Waals surface area (Å²) in [6, 6.07) is 0. The summed E-state index contributed by atoms with van der Waals surface area (Å²) >= 11 is 0. The van der Waals surface area contributed by atoms with E-state index in [4.69, 9.17) is 14.2 Å². The molecule has 33 heavy (non-hydrogen) atoms. The number of hydrogen-bond acceptors (Lipinski definition) is 5. The number of unbranched alkanes of at least 4 members (excludes halogenated alkanes) is 8. The number of esters is 1. The first-order chi connectivity index (χ1) is 16.1. The summed E-state index contributed by atoms with van der Waals surface area (Å²) in [5.41, 5.74) is 0. The lowest BCUT2D eigenvalue weighted by Crippen LogP contribution is -2.36. The van der Waals surface area contributed by atoms with Crippen LogP contribution in [-0.4, -0.2) is 42.8 Å². The standard InChI is InChI=1S/C28H52O5/c1-3-5-7-13-21-31-27(30)16-12-9-8-11-15-26-24(17-18-25(29)14-10-6-4-2)19-20-28(26)32-22-23-33-28/h24-26,29H,3-23H2,1-2H3/t24-,25+,26+/m0/s1. The number of ether oxygens (including phenoxy) is 3. The molecule has 1 heterocycles. The lowest BCUT2D eigenvalue weighted by molar-refractivity contribution is -0.188. The van der Waals surface area contributed by atoms with Crippen LogP contribution in [0.15, 0.2) is 0 Å². The summed E-state index contributed by atoms with van der Waals surface area (Å²) in [6.07, 6.45) is 19.0. The summed E-state index contributed by atoms with van der Waals surface area (Å²) in [6.45, 7) is 6.40. The van der Waals surface area contributed by atoms with Crippen molar-refractivity contribution in [1.82, 2.24) is 0 Å². The van der Waals surface area contributed by atoms with Gasteiger partial charge in [-0.2, -0.15) is 0 Å². The summed E-state index contributed by atoms with van der Waals surface area (Å²) in [5.74, 6) is 0.633. The van der Waals surface area contributed by atoms with Gasteiger partial charge in [0, 0.05) is 18.8 Å². The molecule has 0 bridgehead atoms. The number of hydrogen-bond donors (Lipinski definition) is 1. The van der Waals surface area contributed by atoms with E-state index in [1.54, 1.807) is 0 Å². The predicted molar refractivity (Wildman–Crippen MR) is 133 cm³/mol. The molecule has 5 heteroatoms. The molecule has 0 unspecified atom stereocenters. The van der Waals surface area contributed by atoms with Crippen LogP contribution in [0.1, 0.15) is 129 Å². The van der Waals surface area contributed by atoms with Crippen molar-refractivity contribution in [2.75, 3.05) is 19.8 Å². The Morgan fingerprint density at radius 1 is 0.909 bits per heavy atom. The molecule has 1 saturated heterocycles. The molecule has 0 aromatic rings. The Balaban J connectivity index is 1.63. The number of aliphatic hydroxyl groups excluding tert-OH is 1. The first-order valence-electron chi connectivity index (χ1n) is 14.2. The van der Waals surface area contributed by atoms with Crippen molar-refractivity contribution in [3.05, 3.63) is 0 Å². The van der Waals surface area contributed by atoms with Gasteiger partial charge in [-0.25, -0.2) is 0 Å². The zero-order valence-electron chi connectivity index (χ0n) is 21.7. The Hall–Kier alpha value is -0.650. The van der Waals surface area contributed by atoms with Gasteiger partial charge in [0.05, 0.1) is 25.9 Å². The highest BCUT2D eigenvalue weighted by molar-refractivity contribution is 5.69. The van der Waals surface area contributed by atoms with Crippen molar-refractivity contribution < 1.29 is 24.1 Å². The van der Waals surface area contributed by atoms with E-state index in [1.165, 1.54) is 25.7 Å². The molecule has 2 aliphatic rings. The number of carbonyl (C=O) groups excluding carboxylic acids is 1. The fourth-order valence-corrected chi connectivity index (χ4v) is 5.72. The van der Waals surface area contributed by atoms with Gasteiger partial charge in [-0.3, -0.25) is 4.79 Å². The van der Waals surface area contributed by atoms with Crippen molar-refractivity contribution >= 4 is 5.97 Å². The van der Waals surface area contributed by atoms with Gasteiger partial charge in [0.2, 0.25) is 0 Å². The van der Waals surface area contributed by atoms with Gasteiger partial charge in [0.1, 0.15) is 0 Å². The Bertz CT molecular complexity index is 503. The van der Waals surface area contributed by atoms with Crippen LogP contribution in [0.5, 0.6) is 0 Å². The average molecular weight is 469 g/mol. The van der Waals surface area contributed by atoms with E-state index in [-0.39, 0.29) is 17.9 Å². The van der Waals surface area contributed by atoms with Crippen LogP contribution in [-0.2, 0) is 19.0 Å². The Labute approximate surface area is 203 Å². The second kappa shape index (κ2) is 16.9. The van der Waals surface area contributed by atoms with Crippen LogP contribution in [0.2, 0.25) is 0 Å². The maximum Gasteiger partial charge on any atom is 0.305 e. The van der Waals surface area contributed by atoms with Crippen molar-refractivity contribution in [2.45, 2.75) is 141 Å². The van der Waals surface area contributed by atoms with Crippen LogP contribution in [0.3, 0.4) is 0 Å². The molecule has 1 saturated carbocycles. The van der Waals surface area contributed by atoms with Gasteiger partial charge >= 0.3 is 5.97 Å². The molecule has 1 N–H and O–H groups in total. The Morgan fingerprint density at radius 3 is 2.36 bits per heavy atom. The summed E-state index contributed by atoms with van der Waals surface area (Å²) in [7, 11) is 0. The van der Waals surface area contributed by atoms with E-state index in [2.05, 4.69) is 13.8 Å². The molecule has 3 atom stereocenters. The maximum atomic E-state index is 11.9. The minimum atomic E-state index is -0.362. The van der Waals surface area contributed by atoms with Crippen LogP contribution in [0.25, 0.3) is 0 Å². The molecule has 1 spiro atoms. The Kier molecular flexibility index (Phi) is 14.6. The first kappa shape index (κ1) is 28.6. The topological polar surface area (TPSA) is 65.0 Å². The third kappa shape index (κ3) is 10.7. The SMILES string of the molecule is CCCCCCOC(=O)CCCCCC[C@@H]1[C@@H](CC[C@H](O)CCCCC)CCC12OCCO2. The lowest BCUT2D eigenvalue weighted by atomic mass is 9.84. The average Bonchev–Trinajstić information content (AvgIpc) is 3.42. The molecule has 0 aromatic carbocycles. The highest BCUT2D eigenvalue weighted by atomic mass is 16.7. The van der Waals surface area contributed by atoms with Gasteiger partial charge in [0.25, 0.3) is 0 Å². The summed E-state index contributed by atoms with van der Waals surface area (Å²) in [4.78, 5) is 11.9. The number of carbonyl (C=O) groups is 1. The van der Waals surface area contributed by atoms with Crippen LogP contribution >= 0.6 is 0 Å². The largest absolute Gasteiger partial charge is 0.466 e. The van der Waals surface area contributed by atoms with Crippen molar-refractivity contribution in [1.29, 1.82) is 0 Å². The third-order valence-corrected chi connectivity index (χ3v) is 7.69. The van der Waals surface area contributed by atoms with E-state index in [0.717, 1.165) is 83.5 Å². The van der Waals surface area contributed by atoms with E-state index in [0.29, 0.717) is 38.1 Å². The van der Waals surface area contributed by atoms with Crippen molar-refractivity contribution in [3.8, 4) is 0 Å². The smallest absolute Gasteiger partial charge is 0.305 e. The summed E-state index contributed by atoms with van der Waals surface area (Å²) < 4.78 is 17.7. The molecule has 5 nitrogen and oxygen atoms in total. The number of aliphatic hydroxyl groups is 1. The second-order valence-electron chi connectivity index (χ2n) is 10.4. The minimum Gasteiger partial charge on any atom is -0.466 e. The highest BCUT2D eigenvalue weighted by Crippen LogP contribution is 2.50. The molecular formula is C28H52O5. The molecule has 0 radical (unpaired) electrons. The van der Waals surface area contributed by atoms with Gasteiger partial charge < -0.3 is 19.3 Å². The van der Waals surface area contributed by atoms with Crippen LogP contribution in [0, 0.1) is 11.8 Å². The normalized spacial score (nSPS) is 22.8. The molecular weight excluding hydrogens is 416 g/mol. The number of rotatable bonds is 19. The molecule has 1 aliphatic heterocycles. The fourth-order valence-electron chi connectivity index (χ4n) is 5.72. The Morgan fingerprint density at radius 2 is 1.61 bits per heavy atom. The molecule has 2 rings (SSSR count). The zero-order valence-corrected chi connectivity index (χ0v) is 21.7. The van der Waals surface area contributed by atoms with Gasteiger partial charge in [-0.15, -0.1) is 0 Å². The van der Waals surface area contributed by atoms with Gasteiger partial charge in [-0.05, 0) is 50.9 Å². The first-order valence-corrected chi connectivity index (χ1v) is 14.2. The molecule has 1 aliphatic carbocycles. The monoisotopic (exact) mass is 468 g/mol. The van der Waals surface area contributed by atoms with E-state index < -0.39 is 0 Å². The molecule has 2 fully saturated rings. The van der Waals surface area contributed by atoms with Crippen LogP contribution < -0.4 is 0 Å². The van der Waals surface area contributed by atoms with Gasteiger partial charge in [-0.1, -0.05) is 71.6 Å². The van der Waals surface area contributed by atoms with E-state index >= 15 is 0 Å². The van der Waals surface area contributed by atoms with E-state index in [9.17, 15) is 9.90 Å². The maximum absolute atomic E-state index is 11.9. The quantitative estimate of drug-likeness (QED) is 0.164. The minimum absolute atomic E-state index is 0.0356. The van der Waals surface area contributed by atoms with Crippen LogP contribution in [0.4, 0.5) is 0 Å². The molecule has 0 aromatic heterocycles. The predicted octanol–water partition coefficient (Wildman–Crippen LogP) is 6.94. The third-order valence-electron chi connectivity index (χ3n) is 7.69. The molecule has 0 amide bonds. The van der Waals surface area contributed by atoms with Crippen molar-refractivity contribution in [3.63, 3.8) is 0 Å². The molecule has 194 valence electrons. The highest BCUT2D eigenvalue weighted by Gasteiger charge is 2.51. The second-order valence-corrected chi connectivity index (χ2v) is 10.4. The fraction of sp³-hybridized carbons (Fsp3) is 0.964. The van der Waals surface area contributed by atoms with Crippen molar-refractivity contribution in [2.24, 2.45) is 11.8 Å². The zero-order chi connectivity index (χ0) is 23.8. The summed E-state index contributed by atoms with van der Waals surface area (Å²) in [5, 5.41) is 10.4.